The highest BCUT2D eigenvalue weighted by Crippen LogP contribution is 2.32. The molecule has 3 unspecified atom stereocenters. The van der Waals surface area contributed by atoms with Crippen molar-refractivity contribution in [2.45, 2.75) is 31.4 Å². The Morgan fingerprint density at radius 1 is 1.37 bits per heavy atom. The quantitative estimate of drug-likeness (QED) is 0.891. The van der Waals surface area contributed by atoms with E-state index < -0.39 is 0 Å². The monoisotopic (exact) mass is 265 g/mol. The molecule has 1 saturated heterocycles. The van der Waals surface area contributed by atoms with E-state index in [2.05, 4.69) is 5.32 Å². The van der Waals surface area contributed by atoms with Gasteiger partial charge in [0, 0.05) is 12.6 Å². The summed E-state index contributed by atoms with van der Waals surface area (Å²) in [6.45, 7) is 1.53. The third kappa shape index (κ3) is 2.60. The van der Waals surface area contributed by atoms with Gasteiger partial charge >= 0.3 is 0 Å². The van der Waals surface area contributed by atoms with Crippen molar-refractivity contribution in [2.75, 3.05) is 20.3 Å². The molecule has 0 amide bonds. The highest BCUT2D eigenvalue weighted by atomic mass is 19.1. The Bertz CT molecular complexity index is 438. The fourth-order valence-corrected chi connectivity index (χ4v) is 3.16. The van der Waals surface area contributed by atoms with Crippen LogP contribution >= 0.6 is 0 Å². The van der Waals surface area contributed by atoms with Crippen molar-refractivity contribution in [3.8, 4) is 5.75 Å². The molecule has 2 aliphatic rings. The summed E-state index contributed by atoms with van der Waals surface area (Å²) in [5.41, 5.74) is 0.880. The summed E-state index contributed by atoms with van der Waals surface area (Å²) in [7, 11) is 1.48. The number of methoxy groups -OCH3 is 1. The Morgan fingerprint density at radius 3 is 3.05 bits per heavy atom. The number of nitrogens with one attached hydrogen (secondary N) is 1. The van der Waals surface area contributed by atoms with Gasteiger partial charge in [0.05, 0.1) is 19.8 Å². The van der Waals surface area contributed by atoms with Gasteiger partial charge in [-0.3, -0.25) is 0 Å². The summed E-state index contributed by atoms with van der Waals surface area (Å²) in [6, 6.07) is 5.65. The van der Waals surface area contributed by atoms with Crippen LogP contribution in [-0.2, 0) is 4.74 Å². The minimum absolute atomic E-state index is 0.0639. The summed E-state index contributed by atoms with van der Waals surface area (Å²) < 4.78 is 24.6. The Hall–Kier alpha value is -1.13. The van der Waals surface area contributed by atoms with E-state index in [0.717, 1.165) is 18.7 Å². The number of rotatable bonds is 2. The standard InChI is InChI=1S/C15H20FNO2/c1-18-14-6-5-10(7-12(14)16)15-8-17-13-4-2-3-11(13)9-19-15/h5-7,11,13,15,17H,2-4,8-9H2,1H3. The lowest BCUT2D eigenvalue weighted by molar-refractivity contribution is 0.0471. The van der Waals surface area contributed by atoms with Gasteiger partial charge in [-0.25, -0.2) is 4.39 Å². The number of ether oxygens (including phenoxy) is 2. The maximum Gasteiger partial charge on any atom is 0.165 e. The number of halogens is 1. The Morgan fingerprint density at radius 2 is 2.26 bits per heavy atom. The molecule has 1 saturated carbocycles. The second kappa shape index (κ2) is 5.47. The van der Waals surface area contributed by atoms with Crippen molar-refractivity contribution in [1.82, 2.24) is 5.32 Å². The van der Waals surface area contributed by atoms with Crippen LogP contribution in [0.25, 0.3) is 0 Å². The Labute approximate surface area is 113 Å². The molecule has 1 aliphatic carbocycles. The zero-order chi connectivity index (χ0) is 13.2. The number of hydrogen-bond donors (Lipinski definition) is 1. The summed E-state index contributed by atoms with van der Waals surface area (Å²) in [5.74, 6) is 0.573. The summed E-state index contributed by atoms with van der Waals surface area (Å²) in [6.07, 6.45) is 3.69. The van der Waals surface area contributed by atoms with Crippen LogP contribution in [0.15, 0.2) is 18.2 Å². The first-order chi connectivity index (χ1) is 9.28. The average Bonchev–Trinajstić information content (AvgIpc) is 2.78. The fourth-order valence-electron chi connectivity index (χ4n) is 3.16. The minimum Gasteiger partial charge on any atom is -0.494 e. The number of hydrogen-bond acceptors (Lipinski definition) is 3. The van der Waals surface area contributed by atoms with Gasteiger partial charge < -0.3 is 14.8 Å². The highest BCUT2D eigenvalue weighted by molar-refractivity contribution is 5.30. The molecule has 1 N–H and O–H groups in total. The highest BCUT2D eigenvalue weighted by Gasteiger charge is 2.31. The Kier molecular flexibility index (Phi) is 3.71. The van der Waals surface area contributed by atoms with Crippen LogP contribution in [0.3, 0.4) is 0 Å². The summed E-state index contributed by atoms with van der Waals surface area (Å²) in [4.78, 5) is 0. The van der Waals surface area contributed by atoms with Crippen LogP contribution in [0.5, 0.6) is 5.75 Å². The molecule has 1 aromatic carbocycles. The molecule has 2 fully saturated rings. The van der Waals surface area contributed by atoms with Gasteiger partial charge in [0.15, 0.2) is 11.6 Å². The van der Waals surface area contributed by atoms with Crippen molar-refractivity contribution in [2.24, 2.45) is 5.92 Å². The zero-order valence-corrected chi connectivity index (χ0v) is 11.2. The molecule has 4 heteroatoms. The van der Waals surface area contributed by atoms with E-state index in [0.29, 0.717) is 12.0 Å². The van der Waals surface area contributed by atoms with Gasteiger partial charge in [0.2, 0.25) is 0 Å². The predicted molar refractivity (Wildman–Crippen MR) is 70.8 cm³/mol. The van der Waals surface area contributed by atoms with Gasteiger partial charge in [0.1, 0.15) is 0 Å². The first-order valence-electron chi connectivity index (χ1n) is 6.96. The van der Waals surface area contributed by atoms with E-state index in [1.54, 1.807) is 6.07 Å². The van der Waals surface area contributed by atoms with E-state index in [9.17, 15) is 4.39 Å². The lowest BCUT2D eigenvalue weighted by Crippen LogP contribution is -2.32. The molecule has 19 heavy (non-hydrogen) atoms. The van der Waals surface area contributed by atoms with Crippen molar-refractivity contribution in [3.05, 3.63) is 29.6 Å². The molecule has 0 bridgehead atoms. The second-order valence-electron chi connectivity index (χ2n) is 5.42. The third-order valence-corrected chi connectivity index (χ3v) is 4.28. The van der Waals surface area contributed by atoms with Gasteiger partial charge in [-0.15, -0.1) is 0 Å². The van der Waals surface area contributed by atoms with E-state index >= 15 is 0 Å². The maximum absolute atomic E-state index is 13.7. The predicted octanol–water partition coefficient (Wildman–Crippen LogP) is 2.66. The molecule has 0 aromatic heterocycles. The molecule has 0 radical (unpaired) electrons. The fraction of sp³-hybridized carbons (Fsp3) is 0.600. The number of fused-ring (bicyclic) bond motifs is 1. The van der Waals surface area contributed by atoms with Crippen LogP contribution in [0.1, 0.15) is 30.9 Å². The van der Waals surface area contributed by atoms with Gasteiger partial charge in [-0.2, -0.15) is 0 Å². The maximum atomic E-state index is 13.7. The van der Waals surface area contributed by atoms with E-state index in [4.69, 9.17) is 9.47 Å². The molecule has 104 valence electrons. The average molecular weight is 265 g/mol. The van der Waals surface area contributed by atoms with Crippen LogP contribution in [0.2, 0.25) is 0 Å². The van der Waals surface area contributed by atoms with Crippen molar-refractivity contribution in [1.29, 1.82) is 0 Å². The molecular formula is C15H20FNO2. The summed E-state index contributed by atoms with van der Waals surface area (Å²) in [5, 5.41) is 3.56. The van der Waals surface area contributed by atoms with Crippen molar-refractivity contribution < 1.29 is 13.9 Å². The van der Waals surface area contributed by atoms with Crippen LogP contribution in [0, 0.1) is 11.7 Å². The third-order valence-electron chi connectivity index (χ3n) is 4.28. The molecule has 3 rings (SSSR count). The molecule has 1 heterocycles. The van der Waals surface area contributed by atoms with Crippen molar-refractivity contribution >= 4 is 0 Å². The normalized spacial score (nSPS) is 30.7. The lowest BCUT2D eigenvalue weighted by Gasteiger charge is -2.17. The zero-order valence-electron chi connectivity index (χ0n) is 11.2. The van der Waals surface area contributed by atoms with Crippen LogP contribution in [0.4, 0.5) is 4.39 Å². The SMILES string of the molecule is COc1ccc(C2CNC3CCCC3CO2)cc1F. The molecule has 3 atom stereocenters. The molecule has 1 aromatic rings. The molecule has 3 nitrogen and oxygen atoms in total. The minimum atomic E-state index is -0.326. The summed E-state index contributed by atoms with van der Waals surface area (Å²) >= 11 is 0. The topological polar surface area (TPSA) is 30.5 Å². The van der Waals surface area contributed by atoms with Gasteiger partial charge in [-0.05, 0) is 36.5 Å². The first-order valence-corrected chi connectivity index (χ1v) is 6.96. The molecule has 0 spiro atoms. The van der Waals surface area contributed by atoms with Gasteiger partial charge in [-0.1, -0.05) is 12.5 Å². The molecular weight excluding hydrogens is 245 g/mol. The Balaban J connectivity index is 1.73. The van der Waals surface area contributed by atoms with Crippen LogP contribution in [-0.4, -0.2) is 26.3 Å². The van der Waals surface area contributed by atoms with E-state index in [-0.39, 0.29) is 17.7 Å². The number of benzene rings is 1. The van der Waals surface area contributed by atoms with E-state index in [1.165, 1.54) is 32.4 Å². The van der Waals surface area contributed by atoms with Crippen molar-refractivity contribution in [3.63, 3.8) is 0 Å². The van der Waals surface area contributed by atoms with Gasteiger partial charge in [0.25, 0.3) is 0 Å². The molecule has 1 aliphatic heterocycles. The van der Waals surface area contributed by atoms with Crippen LogP contribution < -0.4 is 10.1 Å². The first kappa shape index (κ1) is 12.9. The largest absolute Gasteiger partial charge is 0.494 e. The smallest absolute Gasteiger partial charge is 0.165 e. The van der Waals surface area contributed by atoms with E-state index in [1.807, 2.05) is 6.07 Å². The lowest BCUT2D eigenvalue weighted by atomic mass is 10.1. The second-order valence-corrected chi connectivity index (χ2v) is 5.42.